The summed E-state index contributed by atoms with van der Waals surface area (Å²) in [5.41, 5.74) is 0.670. The fourth-order valence-electron chi connectivity index (χ4n) is 1.94. The van der Waals surface area contributed by atoms with E-state index in [-0.39, 0.29) is 12.0 Å². The number of β-amino-alcohol motifs (C(OH)–C–C–N with tert-alkyl or cyclic N) is 1. The molecule has 0 radical (unpaired) electrons. The van der Waals surface area contributed by atoms with Crippen LogP contribution < -0.4 is 0 Å². The van der Waals surface area contributed by atoms with Crippen LogP contribution in [-0.4, -0.2) is 35.1 Å². The van der Waals surface area contributed by atoms with Crippen LogP contribution in [0.25, 0.3) is 0 Å². The monoisotopic (exact) mass is 283 g/mol. The van der Waals surface area contributed by atoms with E-state index < -0.39 is 0 Å². The molecule has 3 nitrogen and oxygen atoms in total. The van der Waals surface area contributed by atoms with Crippen molar-refractivity contribution in [2.24, 2.45) is 0 Å². The van der Waals surface area contributed by atoms with Gasteiger partial charge in [0, 0.05) is 23.1 Å². The van der Waals surface area contributed by atoms with Crippen LogP contribution in [0.3, 0.4) is 0 Å². The normalized spacial score (nSPS) is 20.9. The highest BCUT2D eigenvalue weighted by Gasteiger charge is 2.22. The SMILES string of the molecule is O=C(c1cccc(Br)c1)N1CCCC(O)C1. The van der Waals surface area contributed by atoms with Crippen molar-refractivity contribution in [3.8, 4) is 0 Å². The molecular weight excluding hydrogens is 270 g/mol. The average Bonchev–Trinajstić information content (AvgIpc) is 2.28. The number of benzene rings is 1. The molecule has 1 aliphatic rings. The van der Waals surface area contributed by atoms with Crippen LogP contribution in [0.15, 0.2) is 28.7 Å². The van der Waals surface area contributed by atoms with Gasteiger partial charge in [-0.05, 0) is 31.0 Å². The van der Waals surface area contributed by atoms with Crippen LogP contribution in [-0.2, 0) is 0 Å². The van der Waals surface area contributed by atoms with Gasteiger partial charge in [0.1, 0.15) is 0 Å². The second kappa shape index (κ2) is 4.97. The smallest absolute Gasteiger partial charge is 0.253 e. The summed E-state index contributed by atoms with van der Waals surface area (Å²) in [6, 6.07) is 7.34. The summed E-state index contributed by atoms with van der Waals surface area (Å²) in [6.07, 6.45) is 1.30. The predicted octanol–water partition coefficient (Wildman–Crippen LogP) is 2.05. The van der Waals surface area contributed by atoms with Crippen LogP contribution >= 0.6 is 15.9 Å². The van der Waals surface area contributed by atoms with Crippen LogP contribution in [0, 0.1) is 0 Å². The van der Waals surface area contributed by atoms with Crippen LogP contribution in [0.1, 0.15) is 23.2 Å². The summed E-state index contributed by atoms with van der Waals surface area (Å²) >= 11 is 3.35. The molecule has 1 unspecified atom stereocenters. The fourth-order valence-corrected chi connectivity index (χ4v) is 2.34. The molecule has 1 heterocycles. The van der Waals surface area contributed by atoms with Gasteiger partial charge in [-0.3, -0.25) is 4.79 Å². The number of piperidine rings is 1. The summed E-state index contributed by atoms with van der Waals surface area (Å²) in [4.78, 5) is 13.8. The quantitative estimate of drug-likeness (QED) is 0.857. The van der Waals surface area contributed by atoms with E-state index in [9.17, 15) is 9.90 Å². The Morgan fingerprint density at radius 1 is 1.50 bits per heavy atom. The maximum absolute atomic E-state index is 12.1. The number of aliphatic hydroxyl groups excluding tert-OH is 1. The van der Waals surface area contributed by atoms with Crippen molar-refractivity contribution in [1.82, 2.24) is 4.90 Å². The van der Waals surface area contributed by atoms with Gasteiger partial charge >= 0.3 is 0 Å². The van der Waals surface area contributed by atoms with Gasteiger partial charge in [-0.15, -0.1) is 0 Å². The zero-order valence-electron chi connectivity index (χ0n) is 8.90. The molecule has 1 aromatic carbocycles. The Balaban J connectivity index is 2.12. The lowest BCUT2D eigenvalue weighted by Gasteiger charge is -2.30. The molecule has 4 heteroatoms. The summed E-state index contributed by atoms with van der Waals surface area (Å²) in [7, 11) is 0. The Bertz CT molecular complexity index is 394. The molecule has 1 aliphatic heterocycles. The molecule has 1 amide bonds. The molecule has 16 heavy (non-hydrogen) atoms. The molecule has 1 N–H and O–H groups in total. The lowest BCUT2D eigenvalue weighted by Crippen LogP contribution is -2.42. The van der Waals surface area contributed by atoms with Crippen molar-refractivity contribution >= 4 is 21.8 Å². The Hall–Kier alpha value is -0.870. The van der Waals surface area contributed by atoms with Crippen LogP contribution in [0.2, 0.25) is 0 Å². The Kier molecular flexibility index (Phi) is 3.61. The van der Waals surface area contributed by atoms with Gasteiger partial charge in [-0.1, -0.05) is 22.0 Å². The van der Waals surface area contributed by atoms with E-state index in [1.54, 1.807) is 11.0 Å². The molecule has 1 saturated heterocycles. The third-order valence-corrected chi connectivity index (χ3v) is 3.25. The third-order valence-electron chi connectivity index (χ3n) is 2.76. The van der Waals surface area contributed by atoms with Crippen molar-refractivity contribution in [2.45, 2.75) is 18.9 Å². The molecule has 1 aromatic rings. The number of likely N-dealkylation sites (tertiary alicyclic amines) is 1. The van der Waals surface area contributed by atoms with Crippen LogP contribution in [0.5, 0.6) is 0 Å². The number of amides is 1. The molecule has 0 aromatic heterocycles. The van der Waals surface area contributed by atoms with E-state index in [1.807, 2.05) is 18.2 Å². The number of halogens is 1. The number of carbonyl (C=O) groups excluding carboxylic acids is 1. The molecule has 1 atom stereocenters. The minimum Gasteiger partial charge on any atom is -0.391 e. The van der Waals surface area contributed by atoms with E-state index in [4.69, 9.17) is 0 Å². The van der Waals surface area contributed by atoms with Gasteiger partial charge in [0.15, 0.2) is 0 Å². The summed E-state index contributed by atoms with van der Waals surface area (Å²) in [6.45, 7) is 1.19. The maximum Gasteiger partial charge on any atom is 0.253 e. The average molecular weight is 284 g/mol. The van der Waals surface area contributed by atoms with E-state index >= 15 is 0 Å². The zero-order chi connectivity index (χ0) is 11.5. The number of aliphatic hydroxyl groups is 1. The first-order chi connectivity index (χ1) is 7.66. The van der Waals surface area contributed by atoms with Gasteiger partial charge in [0.25, 0.3) is 5.91 Å². The third kappa shape index (κ3) is 2.62. The topological polar surface area (TPSA) is 40.5 Å². The first-order valence-electron chi connectivity index (χ1n) is 5.40. The van der Waals surface area contributed by atoms with E-state index in [2.05, 4.69) is 15.9 Å². The highest BCUT2D eigenvalue weighted by Crippen LogP contribution is 2.16. The largest absolute Gasteiger partial charge is 0.391 e. The first-order valence-corrected chi connectivity index (χ1v) is 6.19. The van der Waals surface area contributed by atoms with Crippen molar-refractivity contribution in [3.05, 3.63) is 34.3 Å². The van der Waals surface area contributed by atoms with Gasteiger partial charge in [-0.25, -0.2) is 0 Å². The van der Waals surface area contributed by atoms with Crippen molar-refractivity contribution in [3.63, 3.8) is 0 Å². The Labute approximate surface area is 103 Å². The number of hydrogen-bond acceptors (Lipinski definition) is 2. The van der Waals surface area contributed by atoms with E-state index in [0.29, 0.717) is 12.1 Å². The lowest BCUT2D eigenvalue weighted by atomic mass is 10.1. The van der Waals surface area contributed by atoms with Gasteiger partial charge in [-0.2, -0.15) is 0 Å². The highest BCUT2D eigenvalue weighted by atomic mass is 79.9. The molecule has 0 aliphatic carbocycles. The minimum absolute atomic E-state index is 0.0000463. The molecular formula is C12H14BrNO2. The molecule has 0 spiro atoms. The molecule has 0 saturated carbocycles. The van der Waals surface area contributed by atoms with Gasteiger partial charge in [0.05, 0.1) is 6.10 Å². The first kappa shape index (κ1) is 11.6. The summed E-state index contributed by atoms with van der Waals surface area (Å²) in [5, 5.41) is 9.53. The highest BCUT2D eigenvalue weighted by molar-refractivity contribution is 9.10. The number of hydrogen-bond donors (Lipinski definition) is 1. The number of carbonyl (C=O) groups is 1. The molecule has 1 fully saturated rings. The number of rotatable bonds is 1. The fraction of sp³-hybridized carbons (Fsp3) is 0.417. The summed E-state index contributed by atoms with van der Waals surface area (Å²) in [5.74, 6) is 0.0000463. The standard InChI is InChI=1S/C12H14BrNO2/c13-10-4-1-3-9(7-10)12(16)14-6-2-5-11(15)8-14/h1,3-4,7,11,15H,2,5-6,8H2. The molecule has 2 rings (SSSR count). The molecule has 0 bridgehead atoms. The Morgan fingerprint density at radius 3 is 3.00 bits per heavy atom. The van der Waals surface area contributed by atoms with Crippen molar-refractivity contribution < 1.29 is 9.90 Å². The molecule has 86 valence electrons. The van der Waals surface area contributed by atoms with Crippen molar-refractivity contribution in [1.29, 1.82) is 0 Å². The number of nitrogens with zero attached hydrogens (tertiary/aromatic N) is 1. The second-order valence-electron chi connectivity index (χ2n) is 4.06. The van der Waals surface area contributed by atoms with Crippen LogP contribution in [0.4, 0.5) is 0 Å². The second-order valence-corrected chi connectivity index (χ2v) is 4.97. The zero-order valence-corrected chi connectivity index (χ0v) is 10.5. The maximum atomic E-state index is 12.1. The minimum atomic E-state index is -0.371. The summed E-state index contributed by atoms with van der Waals surface area (Å²) < 4.78 is 0.899. The van der Waals surface area contributed by atoms with E-state index in [1.165, 1.54) is 0 Å². The van der Waals surface area contributed by atoms with Crippen molar-refractivity contribution in [2.75, 3.05) is 13.1 Å². The van der Waals surface area contributed by atoms with Gasteiger partial charge in [0.2, 0.25) is 0 Å². The predicted molar refractivity (Wildman–Crippen MR) is 65.3 cm³/mol. The Morgan fingerprint density at radius 2 is 2.31 bits per heavy atom. The van der Waals surface area contributed by atoms with E-state index in [0.717, 1.165) is 23.9 Å². The van der Waals surface area contributed by atoms with Gasteiger partial charge < -0.3 is 10.0 Å². The lowest BCUT2D eigenvalue weighted by molar-refractivity contribution is 0.0473.